The number of hydrogen-bond donors (Lipinski definition) is 0. The van der Waals surface area contributed by atoms with Gasteiger partial charge in [-0.2, -0.15) is 10.5 Å². The molecule has 2 fully saturated rings. The predicted octanol–water partition coefficient (Wildman–Crippen LogP) is 4.07. The molecular weight excluding hydrogens is 679 g/mol. The van der Waals surface area contributed by atoms with E-state index >= 15 is 0 Å². The molecule has 4 heterocycles. The van der Waals surface area contributed by atoms with E-state index in [4.69, 9.17) is 28.0 Å². The van der Waals surface area contributed by atoms with E-state index in [9.17, 15) is 29.6 Å². The number of amides is 2. The lowest BCUT2D eigenvalue weighted by molar-refractivity contribution is -0.229. The molecule has 4 aliphatic heterocycles. The van der Waals surface area contributed by atoms with Crippen LogP contribution in [0.25, 0.3) is 0 Å². The van der Waals surface area contributed by atoms with Crippen LogP contribution in [0.5, 0.6) is 11.5 Å². The van der Waals surface area contributed by atoms with E-state index in [1.807, 2.05) is 27.7 Å². The number of benzene rings is 2. The first-order valence-corrected chi connectivity index (χ1v) is 18.6. The van der Waals surface area contributed by atoms with Gasteiger partial charge in [-0.05, 0) is 76.9 Å². The summed E-state index contributed by atoms with van der Waals surface area (Å²) in [6.07, 6.45) is 0.792. The zero-order valence-corrected chi connectivity index (χ0v) is 30.1. The number of rotatable bonds is 12. The van der Waals surface area contributed by atoms with Crippen LogP contribution in [0.4, 0.5) is 0 Å². The number of carbonyl (C=O) groups excluding carboxylic acids is 2. The molecule has 15 heteroatoms. The van der Waals surface area contributed by atoms with Gasteiger partial charge in [0.25, 0.3) is 7.82 Å². The van der Waals surface area contributed by atoms with Crippen LogP contribution in [0.2, 0.25) is 0 Å². The summed E-state index contributed by atoms with van der Waals surface area (Å²) in [7, 11) is -4.79. The van der Waals surface area contributed by atoms with Crippen LogP contribution < -0.4 is 14.4 Å². The van der Waals surface area contributed by atoms with Gasteiger partial charge in [0.1, 0.15) is 34.9 Å². The molecule has 51 heavy (non-hydrogen) atoms. The van der Waals surface area contributed by atoms with Gasteiger partial charge in [-0.25, -0.2) is 0 Å². The Hall–Kier alpha value is -4.01. The second-order valence-corrected chi connectivity index (χ2v) is 15.5. The smallest absolute Gasteiger partial charge is 0.268 e. The van der Waals surface area contributed by atoms with E-state index in [2.05, 4.69) is 12.1 Å². The minimum atomic E-state index is -4.79. The summed E-state index contributed by atoms with van der Waals surface area (Å²) in [4.78, 5) is 42.0. The van der Waals surface area contributed by atoms with E-state index in [0.29, 0.717) is 72.5 Å². The Morgan fingerprint density at radius 1 is 0.765 bits per heavy atom. The van der Waals surface area contributed by atoms with Crippen LogP contribution in [0.1, 0.15) is 87.7 Å². The molecule has 2 saturated heterocycles. The number of carbonyl (C=O) groups is 2. The summed E-state index contributed by atoms with van der Waals surface area (Å²) in [5, 5.41) is 19.0. The Kier molecular flexibility index (Phi) is 10.5. The minimum Gasteiger partial charge on any atom is -0.756 e. The van der Waals surface area contributed by atoms with Gasteiger partial charge in [-0.1, -0.05) is 0 Å². The number of phosphoric ester groups is 1. The molecule has 0 aromatic heterocycles. The normalized spacial score (nSPS) is 25.0. The third-order valence-electron chi connectivity index (χ3n) is 9.76. The van der Waals surface area contributed by atoms with Crippen LogP contribution in [-0.4, -0.2) is 84.5 Å². The van der Waals surface area contributed by atoms with Gasteiger partial charge >= 0.3 is 0 Å². The van der Waals surface area contributed by atoms with Crippen molar-refractivity contribution >= 4 is 19.6 Å². The molecule has 2 aromatic carbocycles. The van der Waals surface area contributed by atoms with Gasteiger partial charge in [0, 0.05) is 37.1 Å². The Balaban J connectivity index is 1.07. The van der Waals surface area contributed by atoms with Crippen molar-refractivity contribution in [2.75, 3.05) is 39.5 Å². The SMILES string of the molecule is CC1(C)Oc2ccc(C#N)cc2[C@H](N2CCCC2=O)[C@H]1OCCOP(=O)([O-])OCCO[C@@H]1[C@@H](N2CCCC2=O)c2cc(C#N)ccc2OC1(C)C. The van der Waals surface area contributed by atoms with Crippen molar-refractivity contribution in [3.63, 3.8) is 0 Å². The highest BCUT2D eigenvalue weighted by Crippen LogP contribution is 2.48. The molecule has 272 valence electrons. The maximum absolute atomic E-state index is 12.9. The van der Waals surface area contributed by atoms with Gasteiger partial charge in [0.2, 0.25) is 11.8 Å². The van der Waals surface area contributed by atoms with Crippen LogP contribution in [0.15, 0.2) is 36.4 Å². The Morgan fingerprint density at radius 2 is 1.18 bits per heavy atom. The zero-order chi connectivity index (χ0) is 36.6. The van der Waals surface area contributed by atoms with E-state index in [1.54, 1.807) is 46.2 Å². The quantitative estimate of drug-likeness (QED) is 0.227. The van der Waals surface area contributed by atoms with Crippen molar-refractivity contribution in [1.29, 1.82) is 10.5 Å². The first-order chi connectivity index (χ1) is 24.2. The summed E-state index contributed by atoms with van der Waals surface area (Å²) in [5.74, 6) is 1.04. The van der Waals surface area contributed by atoms with Crippen molar-refractivity contribution in [1.82, 2.24) is 9.80 Å². The molecular formula is C36H42N4O10P-. The van der Waals surface area contributed by atoms with Crippen molar-refractivity contribution in [2.24, 2.45) is 0 Å². The molecule has 2 amide bonds. The molecule has 0 radical (unpaired) electrons. The Morgan fingerprint density at radius 3 is 1.53 bits per heavy atom. The molecule has 0 bridgehead atoms. The molecule has 0 spiro atoms. The average Bonchev–Trinajstić information content (AvgIpc) is 3.71. The zero-order valence-electron chi connectivity index (χ0n) is 29.2. The van der Waals surface area contributed by atoms with Gasteiger partial charge in [0.15, 0.2) is 0 Å². The summed E-state index contributed by atoms with van der Waals surface area (Å²) in [6, 6.07) is 13.3. The maximum Gasteiger partial charge on any atom is 0.268 e. The average molecular weight is 722 g/mol. The number of ether oxygens (including phenoxy) is 4. The summed E-state index contributed by atoms with van der Waals surface area (Å²) >= 11 is 0. The van der Waals surface area contributed by atoms with E-state index in [1.165, 1.54) is 0 Å². The highest BCUT2D eigenvalue weighted by molar-refractivity contribution is 7.45. The molecule has 0 N–H and O–H groups in total. The Labute approximate surface area is 297 Å². The van der Waals surface area contributed by atoms with Crippen LogP contribution in [0.3, 0.4) is 0 Å². The molecule has 4 atom stereocenters. The first-order valence-electron chi connectivity index (χ1n) is 17.1. The fraction of sp³-hybridized carbons (Fsp3) is 0.556. The van der Waals surface area contributed by atoms with Crippen LogP contribution >= 0.6 is 7.82 Å². The molecule has 14 nitrogen and oxygen atoms in total. The lowest BCUT2D eigenvalue weighted by Gasteiger charge is -2.47. The lowest BCUT2D eigenvalue weighted by atomic mass is 9.84. The molecule has 4 aliphatic rings. The van der Waals surface area contributed by atoms with E-state index in [-0.39, 0.29) is 38.2 Å². The molecule has 0 aliphatic carbocycles. The summed E-state index contributed by atoms with van der Waals surface area (Å²) in [6.45, 7) is 7.34. The van der Waals surface area contributed by atoms with E-state index in [0.717, 1.165) is 0 Å². The van der Waals surface area contributed by atoms with Gasteiger partial charge in [0.05, 0.1) is 61.8 Å². The van der Waals surface area contributed by atoms with Gasteiger partial charge in [-0.15, -0.1) is 0 Å². The number of likely N-dealkylation sites (tertiary alicyclic amines) is 2. The third-order valence-corrected chi connectivity index (χ3v) is 10.8. The second kappa shape index (κ2) is 14.5. The van der Waals surface area contributed by atoms with Crippen molar-refractivity contribution in [2.45, 2.75) is 88.9 Å². The summed E-state index contributed by atoms with van der Waals surface area (Å²) in [5.41, 5.74) is 0.334. The largest absolute Gasteiger partial charge is 0.756 e. The molecule has 6 rings (SSSR count). The highest BCUT2D eigenvalue weighted by Gasteiger charge is 2.50. The van der Waals surface area contributed by atoms with Crippen molar-refractivity contribution < 1.29 is 47.0 Å². The maximum atomic E-state index is 12.9. The third kappa shape index (κ3) is 7.63. The summed E-state index contributed by atoms with van der Waals surface area (Å²) < 4.78 is 47.9. The van der Waals surface area contributed by atoms with Gasteiger partial charge in [-0.3, -0.25) is 14.2 Å². The molecule has 0 saturated carbocycles. The lowest BCUT2D eigenvalue weighted by Crippen LogP contribution is -2.55. The number of fused-ring (bicyclic) bond motifs is 2. The number of hydrogen-bond acceptors (Lipinski definition) is 12. The van der Waals surface area contributed by atoms with Crippen molar-refractivity contribution in [3.8, 4) is 23.6 Å². The topological polar surface area (TPSA) is 184 Å². The van der Waals surface area contributed by atoms with Crippen LogP contribution in [0, 0.1) is 22.7 Å². The highest BCUT2D eigenvalue weighted by atomic mass is 31.2. The standard InChI is InChI=1S/C36H43N4O10P/c1-35(2)33(31(39-13-5-7-29(39)41)25-19-23(21-37)9-11-27(25)49-35)45-15-17-47-51(43,44)48-18-16-46-34-32(40-14-6-8-30(40)42)26-20-24(22-38)10-12-28(26)50-36(34,3)4/h9-12,19-20,31-34H,5-8,13-18H2,1-4H3,(H,43,44)/p-1/t31-,32-,33+,34+/m0/s1. The van der Waals surface area contributed by atoms with Crippen molar-refractivity contribution in [3.05, 3.63) is 58.7 Å². The fourth-order valence-corrected chi connectivity index (χ4v) is 8.18. The monoisotopic (exact) mass is 721 g/mol. The minimum absolute atomic E-state index is 0.0341. The second-order valence-electron chi connectivity index (χ2n) is 14.1. The van der Waals surface area contributed by atoms with Gasteiger partial charge < -0.3 is 42.7 Å². The predicted molar refractivity (Wildman–Crippen MR) is 178 cm³/mol. The fourth-order valence-electron chi connectivity index (χ4n) is 7.51. The molecule has 2 aromatic rings. The number of phosphoric acid groups is 1. The Bertz CT molecular complexity index is 1680. The van der Waals surface area contributed by atoms with E-state index < -0.39 is 43.3 Å². The number of nitriles is 2. The van der Waals surface area contributed by atoms with Crippen LogP contribution in [-0.2, 0) is 32.7 Å². The number of nitrogens with zero attached hydrogens (tertiary/aromatic N) is 4. The first kappa shape index (κ1) is 36.8. The molecule has 0 unspecified atom stereocenters.